The van der Waals surface area contributed by atoms with Gasteiger partial charge in [0.05, 0.1) is 0 Å². The Balaban J connectivity index is 1.95. The zero-order valence-electron chi connectivity index (χ0n) is 9.89. The molecule has 0 saturated carbocycles. The predicted molar refractivity (Wildman–Crippen MR) is 77.1 cm³/mol. The van der Waals surface area contributed by atoms with Crippen molar-refractivity contribution in [2.75, 3.05) is 5.32 Å². The topological polar surface area (TPSA) is 58.2 Å². The molecule has 19 heavy (non-hydrogen) atoms. The third-order valence-electron chi connectivity index (χ3n) is 2.37. The Kier molecular flexibility index (Phi) is 4.30. The smallest absolute Gasteiger partial charge is 0.308 e. The lowest BCUT2D eigenvalue weighted by atomic mass is 10.2. The van der Waals surface area contributed by atoms with Gasteiger partial charge in [-0.15, -0.1) is 0 Å². The van der Waals surface area contributed by atoms with E-state index in [1.54, 1.807) is 48.5 Å². The van der Waals surface area contributed by atoms with Crippen molar-refractivity contribution >= 4 is 33.6 Å². The normalized spacial score (nSPS) is 9.74. The Bertz CT molecular complexity index is 582. The number of urea groups is 1. The van der Waals surface area contributed by atoms with E-state index in [0.29, 0.717) is 11.3 Å². The van der Waals surface area contributed by atoms with Gasteiger partial charge in [0, 0.05) is 15.7 Å². The average Bonchev–Trinajstić information content (AvgIpc) is 2.40. The van der Waals surface area contributed by atoms with E-state index in [0.717, 1.165) is 4.47 Å². The first-order valence-electron chi connectivity index (χ1n) is 5.58. The maximum atomic E-state index is 11.8. The predicted octanol–water partition coefficient (Wildman–Crippen LogP) is 3.41. The number of benzene rings is 2. The number of imide groups is 1. The molecule has 96 valence electrons. The van der Waals surface area contributed by atoms with Crippen molar-refractivity contribution in [1.29, 1.82) is 0 Å². The minimum Gasteiger partial charge on any atom is -0.308 e. The molecule has 3 amide bonds. The van der Waals surface area contributed by atoms with E-state index in [1.165, 1.54) is 0 Å². The van der Waals surface area contributed by atoms with Crippen LogP contribution in [0.25, 0.3) is 0 Å². The van der Waals surface area contributed by atoms with Crippen molar-refractivity contribution in [2.24, 2.45) is 0 Å². The summed E-state index contributed by atoms with van der Waals surface area (Å²) >= 11 is 3.28. The summed E-state index contributed by atoms with van der Waals surface area (Å²) in [4.78, 5) is 23.4. The second-order valence-electron chi connectivity index (χ2n) is 3.78. The summed E-state index contributed by atoms with van der Waals surface area (Å²) in [6.45, 7) is 0. The van der Waals surface area contributed by atoms with Gasteiger partial charge in [0.1, 0.15) is 0 Å². The second kappa shape index (κ2) is 6.15. The zero-order valence-corrected chi connectivity index (χ0v) is 11.5. The molecule has 0 atom stereocenters. The Labute approximate surface area is 119 Å². The van der Waals surface area contributed by atoms with Gasteiger partial charge in [0.15, 0.2) is 0 Å². The first-order valence-corrected chi connectivity index (χ1v) is 6.37. The Morgan fingerprint density at radius 1 is 0.895 bits per heavy atom. The highest BCUT2D eigenvalue weighted by Gasteiger charge is 2.09. The van der Waals surface area contributed by atoms with Gasteiger partial charge in [0.25, 0.3) is 5.91 Å². The molecule has 0 aliphatic carbocycles. The molecule has 2 aromatic rings. The molecule has 0 aromatic heterocycles. The molecule has 0 aliphatic rings. The summed E-state index contributed by atoms with van der Waals surface area (Å²) in [6, 6.07) is 15.1. The highest BCUT2D eigenvalue weighted by Crippen LogP contribution is 2.10. The van der Waals surface area contributed by atoms with E-state index in [1.807, 2.05) is 6.07 Å². The fraction of sp³-hybridized carbons (Fsp3) is 0. The quantitative estimate of drug-likeness (QED) is 0.891. The first-order chi connectivity index (χ1) is 9.15. The van der Waals surface area contributed by atoms with Crippen LogP contribution in [-0.4, -0.2) is 11.9 Å². The Hall–Kier alpha value is -2.14. The minimum absolute atomic E-state index is 0.423. The van der Waals surface area contributed by atoms with Crippen LogP contribution in [0.15, 0.2) is 59.1 Å². The second-order valence-corrected chi connectivity index (χ2v) is 4.70. The molecule has 0 saturated heterocycles. The van der Waals surface area contributed by atoms with Crippen LogP contribution in [-0.2, 0) is 0 Å². The molecule has 2 aromatic carbocycles. The molecule has 0 fully saturated rings. The van der Waals surface area contributed by atoms with Crippen molar-refractivity contribution in [3.8, 4) is 0 Å². The molecular formula is C14H11BrN2O2. The first kappa shape index (κ1) is 13.3. The maximum Gasteiger partial charge on any atom is 0.326 e. The van der Waals surface area contributed by atoms with Crippen LogP contribution in [0.1, 0.15) is 10.4 Å². The van der Waals surface area contributed by atoms with Crippen molar-refractivity contribution < 1.29 is 9.59 Å². The van der Waals surface area contributed by atoms with Crippen LogP contribution in [0.5, 0.6) is 0 Å². The average molecular weight is 319 g/mol. The van der Waals surface area contributed by atoms with Gasteiger partial charge in [-0.25, -0.2) is 4.79 Å². The lowest BCUT2D eigenvalue weighted by molar-refractivity contribution is 0.0967. The standard InChI is InChI=1S/C14H11BrN2O2/c15-11-8-6-10(7-9-11)13(18)17-14(19)16-12-4-2-1-3-5-12/h1-9H,(H2,16,17,18,19). The number of para-hydroxylation sites is 1. The van der Waals surface area contributed by atoms with Crippen LogP contribution >= 0.6 is 15.9 Å². The molecule has 4 nitrogen and oxygen atoms in total. The van der Waals surface area contributed by atoms with Crippen LogP contribution in [0.3, 0.4) is 0 Å². The summed E-state index contributed by atoms with van der Waals surface area (Å²) < 4.78 is 0.873. The largest absolute Gasteiger partial charge is 0.326 e. The number of hydrogen-bond donors (Lipinski definition) is 2. The lowest BCUT2D eigenvalue weighted by Gasteiger charge is -2.06. The number of nitrogens with one attached hydrogen (secondary N) is 2. The lowest BCUT2D eigenvalue weighted by Crippen LogP contribution is -2.34. The molecule has 0 radical (unpaired) electrons. The van der Waals surface area contributed by atoms with Gasteiger partial charge in [-0.2, -0.15) is 0 Å². The minimum atomic E-state index is -0.556. The summed E-state index contributed by atoms with van der Waals surface area (Å²) in [5, 5.41) is 4.83. The molecule has 2 N–H and O–H groups in total. The van der Waals surface area contributed by atoms with E-state index in [9.17, 15) is 9.59 Å². The highest BCUT2D eigenvalue weighted by molar-refractivity contribution is 9.10. The van der Waals surface area contributed by atoms with Crippen molar-refractivity contribution in [3.63, 3.8) is 0 Å². The van der Waals surface area contributed by atoms with Crippen LogP contribution in [0.2, 0.25) is 0 Å². The fourth-order valence-corrected chi connectivity index (χ4v) is 1.72. The SMILES string of the molecule is O=C(NC(=O)c1ccc(Br)cc1)Nc1ccccc1. The van der Waals surface area contributed by atoms with Crippen LogP contribution in [0, 0.1) is 0 Å². The van der Waals surface area contributed by atoms with Gasteiger partial charge >= 0.3 is 6.03 Å². The van der Waals surface area contributed by atoms with E-state index in [-0.39, 0.29) is 0 Å². The molecule has 0 bridgehead atoms. The number of carbonyl (C=O) groups is 2. The third-order valence-corrected chi connectivity index (χ3v) is 2.89. The molecule has 5 heteroatoms. The Morgan fingerprint density at radius 2 is 1.53 bits per heavy atom. The molecular weight excluding hydrogens is 308 g/mol. The van der Waals surface area contributed by atoms with E-state index in [2.05, 4.69) is 26.6 Å². The van der Waals surface area contributed by atoms with E-state index < -0.39 is 11.9 Å². The van der Waals surface area contributed by atoms with Crippen molar-refractivity contribution in [1.82, 2.24) is 5.32 Å². The van der Waals surface area contributed by atoms with Gasteiger partial charge in [-0.05, 0) is 36.4 Å². The summed E-state index contributed by atoms with van der Waals surface area (Å²) in [6.07, 6.45) is 0. The molecule has 0 heterocycles. The molecule has 0 spiro atoms. The highest BCUT2D eigenvalue weighted by atomic mass is 79.9. The zero-order chi connectivity index (χ0) is 13.7. The summed E-state index contributed by atoms with van der Waals surface area (Å²) in [7, 11) is 0. The third kappa shape index (κ3) is 3.93. The number of carbonyl (C=O) groups excluding carboxylic acids is 2. The maximum absolute atomic E-state index is 11.8. The van der Waals surface area contributed by atoms with Crippen LogP contribution in [0.4, 0.5) is 10.5 Å². The van der Waals surface area contributed by atoms with E-state index in [4.69, 9.17) is 0 Å². The summed E-state index contributed by atoms with van der Waals surface area (Å²) in [5.74, 6) is -0.444. The van der Waals surface area contributed by atoms with E-state index >= 15 is 0 Å². The fourth-order valence-electron chi connectivity index (χ4n) is 1.46. The molecule has 0 aliphatic heterocycles. The molecule has 0 unspecified atom stereocenters. The van der Waals surface area contributed by atoms with Crippen molar-refractivity contribution in [3.05, 3.63) is 64.6 Å². The number of halogens is 1. The van der Waals surface area contributed by atoms with Crippen LogP contribution < -0.4 is 10.6 Å². The van der Waals surface area contributed by atoms with Gasteiger partial charge in [0.2, 0.25) is 0 Å². The summed E-state index contributed by atoms with van der Waals surface area (Å²) in [5.41, 5.74) is 1.05. The molecule has 2 rings (SSSR count). The number of anilines is 1. The number of hydrogen-bond acceptors (Lipinski definition) is 2. The van der Waals surface area contributed by atoms with Gasteiger partial charge < -0.3 is 5.32 Å². The Morgan fingerprint density at radius 3 is 2.16 bits per heavy atom. The number of amides is 3. The van der Waals surface area contributed by atoms with Gasteiger partial charge in [-0.1, -0.05) is 34.1 Å². The monoisotopic (exact) mass is 318 g/mol. The van der Waals surface area contributed by atoms with Crippen molar-refractivity contribution in [2.45, 2.75) is 0 Å². The van der Waals surface area contributed by atoms with Gasteiger partial charge in [-0.3, -0.25) is 10.1 Å². The number of rotatable bonds is 2.